The van der Waals surface area contributed by atoms with Crippen molar-refractivity contribution in [3.8, 4) is 0 Å². The van der Waals surface area contributed by atoms with Crippen molar-refractivity contribution in [2.24, 2.45) is 0 Å². The monoisotopic (exact) mass is 234 g/mol. The topological polar surface area (TPSA) is 180 Å². The van der Waals surface area contributed by atoms with Crippen LogP contribution in [0.3, 0.4) is 0 Å². The third-order valence-electron chi connectivity index (χ3n) is 1.36. The average Bonchev–Trinajstić information content (AvgIpc) is 2.50. The second-order valence-corrected chi connectivity index (χ2v) is 2.31. The van der Waals surface area contributed by atoms with Gasteiger partial charge in [0.15, 0.2) is 5.03 Å². The molecule has 1 rings (SSSR count). The van der Waals surface area contributed by atoms with Gasteiger partial charge in [-0.15, -0.1) is 0 Å². The molecule has 1 aromatic heterocycles. The van der Waals surface area contributed by atoms with Gasteiger partial charge < -0.3 is 0 Å². The molecule has 0 bridgehead atoms. The van der Waals surface area contributed by atoms with Gasteiger partial charge in [0.05, 0.1) is 0 Å². The molecule has 0 amide bonds. The van der Waals surface area contributed by atoms with Crippen LogP contribution < -0.4 is 5.43 Å². The molecule has 0 aliphatic heterocycles. The van der Waals surface area contributed by atoms with E-state index in [4.69, 9.17) is 0 Å². The van der Waals surface area contributed by atoms with Crippen molar-refractivity contribution < 1.29 is 19.5 Å². The lowest BCUT2D eigenvalue weighted by Crippen LogP contribution is -2.22. The standard InChI is InChI=1S/C3H2N6O7/c10-7(11)3(8(12)13)1-2(4-9(14)15)6-16-5-1/h3H,(H,4,6). The lowest BCUT2D eigenvalue weighted by Gasteiger charge is -1.97. The van der Waals surface area contributed by atoms with E-state index in [0.717, 1.165) is 0 Å². The Morgan fingerprint density at radius 1 is 1.12 bits per heavy atom. The number of nitrogens with one attached hydrogen (secondary N) is 1. The van der Waals surface area contributed by atoms with E-state index in [-0.39, 0.29) is 0 Å². The summed E-state index contributed by atoms with van der Waals surface area (Å²) in [6.45, 7) is 0. The van der Waals surface area contributed by atoms with Gasteiger partial charge in [0.25, 0.3) is 11.5 Å². The highest BCUT2D eigenvalue weighted by Gasteiger charge is 2.43. The Hall–Kier alpha value is -2.86. The fourth-order valence-electron chi connectivity index (χ4n) is 0.805. The first-order valence-corrected chi connectivity index (χ1v) is 3.44. The van der Waals surface area contributed by atoms with Crippen LogP contribution in [0.25, 0.3) is 0 Å². The van der Waals surface area contributed by atoms with Crippen molar-refractivity contribution in [2.45, 2.75) is 6.17 Å². The van der Waals surface area contributed by atoms with Crippen LogP contribution in [0, 0.1) is 30.3 Å². The molecule has 0 aliphatic carbocycles. The fraction of sp³-hybridized carbons (Fsp3) is 0.333. The molecule has 0 atom stereocenters. The fourth-order valence-corrected chi connectivity index (χ4v) is 0.805. The predicted molar refractivity (Wildman–Crippen MR) is 41.6 cm³/mol. The first-order valence-electron chi connectivity index (χ1n) is 3.44. The normalized spacial score (nSPS) is 10.1. The van der Waals surface area contributed by atoms with E-state index in [2.05, 4.69) is 14.9 Å². The molecule has 1 N–H and O–H groups in total. The summed E-state index contributed by atoms with van der Waals surface area (Å²) in [4.78, 5) is 28.1. The van der Waals surface area contributed by atoms with Crippen molar-refractivity contribution in [3.05, 3.63) is 36.0 Å². The zero-order valence-electron chi connectivity index (χ0n) is 7.17. The smallest absolute Gasteiger partial charge is 0.258 e. The first-order chi connectivity index (χ1) is 7.43. The van der Waals surface area contributed by atoms with Gasteiger partial charge in [0.2, 0.25) is 0 Å². The minimum absolute atomic E-state index is 0.789. The number of nitrogens with zero attached hydrogens (tertiary/aromatic N) is 5. The van der Waals surface area contributed by atoms with Gasteiger partial charge in [0.1, 0.15) is 9.85 Å². The van der Waals surface area contributed by atoms with E-state index in [1.807, 2.05) is 0 Å². The highest BCUT2D eigenvalue weighted by atomic mass is 16.7. The SMILES string of the molecule is O=[N+]([O-])Nc1nonc1C([N+](=O)[O-])[N+](=O)[O-]. The van der Waals surface area contributed by atoms with Crippen molar-refractivity contribution in [1.29, 1.82) is 0 Å². The van der Waals surface area contributed by atoms with E-state index in [9.17, 15) is 30.3 Å². The third-order valence-corrected chi connectivity index (χ3v) is 1.36. The van der Waals surface area contributed by atoms with Gasteiger partial charge in [-0.3, -0.25) is 20.2 Å². The molecule has 0 aliphatic rings. The summed E-state index contributed by atoms with van der Waals surface area (Å²) < 4.78 is 3.95. The van der Waals surface area contributed by atoms with Gasteiger partial charge in [-0.25, -0.2) is 14.7 Å². The number of hydrazine groups is 1. The van der Waals surface area contributed by atoms with Gasteiger partial charge in [-0.2, -0.15) is 0 Å². The van der Waals surface area contributed by atoms with E-state index < -0.39 is 32.6 Å². The molecular formula is C3H2N6O7. The Morgan fingerprint density at radius 2 is 1.69 bits per heavy atom. The van der Waals surface area contributed by atoms with E-state index in [1.54, 1.807) is 0 Å². The molecule has 0 saturated carbocycles. The minimum Gasteiger partial charge on any atom is -0.258 e. The zero-order valence-corrected chi connectivity index (χ0v) is 7.17. The van der Waals surface area contributed by atoms with E-state index in [1.165, 1.54) is 5.43 Å². The molecule has 13 heteroatoms. The maximum atomic E-state index is 10.3. The summed E-state index contributed by atoms with van der Waals surface area (Å²) >= 11 is 0. The third kappa shape index (κ3) is 2.14. The molecule has 0 fully saturated rings. The van der Waals surface area contributed by atoms with Crippen molar-refractivity contribution in [1.82, 2.24) is 10.3 Å². The number of rotatable bonds is 5. The number of aromatic nitrogens is 2. The van der Waals surface area contributed by atoms with Crippen LogP contribution in [-0.2, 0) is 0 Å². The van der Waals surface area contributed by atoms with Gasteiger partial charge >= 0.3 is 6.17 Å². The summed E-state index contributed by atoms with van der Waals surface area (Å²) in [6.07, 6.45) is -2.48. The molecular weight excluding hydrogens is 232 g/mol. The van der Waals surface area contributed by atoms with Crippen LogP contribution >= 0.6 is 0 Å². The van der Waals surface area contributed by atoms with Crippen molar-refractivity contribution >= 4 is 5.82 Å². The summed E-state index contributed by atoms with van der Waals surface area (Å²) in [5, 5.41) is 35.4. The highest BCUT2D eigenvalue weighted by Crippen LogP contribution is 2.21. The second-order valence-electron chi connectivity index (χ2n) is 2.31. The second kappa shape index (κ2) is 4.11. The molecule has 0 radical (unpaired) electrons. The molecule has 0 aromatic carbocycles. The lowest BCUT2D eigenvalue weighted by atomic mass is 10.3. The Bertz CT molecular complexity index is 425. The Balaban J connectivity index is 3.10. The van der Waals surface area contributed by atoms with Crippen LogP contribution in [0.4, 0.5) is 5.82 Å². The zero-order chi connectivity index (χ0) is 12.3. The first kappa shape index (κ1) is 11.2. The van der Waals surface area contributed by atoms with Crippen LogP contribution in [0.1, 0.15) is 11.9 Å². The number of anilines is 1. The largest absolute Gasteiger partial charge is 0.500 e. The Morgan fingerprint density at radius 3 is 2.12 bits per heavy atom. The van der Waals surface area contributed by atoms with Gasteiger partial charge in [-0.05, 0) is 10.3 Å². The van der Waals surface area contributed by atoms with Crippen molar-refractivity contribution in [2.75, 3.05) is 5.43 Å². The van der Waals surface area contributed by atoms with Crippen LogP contribution in [0.15, 0.2) is 4.63 Å². The molecule has 1 heterocycles. The summed E-state index contributed by atoms with van der Waals surface area (Å²) in [6, 6.07) is 0. The van der Waals surface area contributed by atoms with Crippen LogP contribution in [-0.4, -0.2) is 25.2 Å². The van der Waals surface area contributed by atoms with Gasteiger partial charge in [0, 0.05) is 0 Å². The Kier molecular flexibility index (Phi) is 2.88. The van der Waals surface area contributed by atoms with Gasteiger partial charge in [-0.1, -0.05) is 5.43 Å². The molecule has 0 unspecified atom stereocenters. The van der Waals surface area contributed by atoms with Crippen LogP contribution in [0.5, 0.6) is 0 Å². The summed E-state index contributed by atoms with van der Waals surface area (Å²) in [5.74, 6) is -0.789. The summed E-state index contributed by atoms with van der Waals surface area (Å²) in [5.41, 5.74) is 0.507. The Labute approximate surface area is 84.4 Å². The molecule has 0 saturated heterocycles. The van der Waals surface area contributed by atoms with Crippen LogP contribution in [0.2, 0.25) is 0 Å². The summed E-state index contributed by atoms with van der Waals surface area (Å²) in [7, 11) is 0. The number of nitro groups is 3. The number of hydrogen-bond donors (Lipinski definition) is 1. The maximum absolute atomic E-state index is 10.3. The highest BCUT2D eigenvalue weighted by molar-refractivity contribution is 5.35. The molecule has 13 nitrogen and oxygen atoms in total. The predicted octanol–water partition coefficient (Wildman–Crippen LogP) is -0.775. The average molecular weight is 234 g/mol. The lowest BCUT2D eigenvalue weighted by molar-refractivity contribution is -0.753. The molecule has 0 spiro atoms. The quantitative estimate of drug-likeness (QED) is 0.385. The van der Waals surface area contributed by atoms with E-state index in [0.29, 0.717) is 0 Å². The molecule has 16 heavy (non-hydrogen) atoms. The van der Waals surface area contributed by atoms with Crippen molar-refractivity contribution in [3.63, 3.8) is 0 Å². The minimum atomic E-state index is -2.48. The molecule has 86 valence electrons. The number of hydrogen-bond acceptors (Lipinski definition) is 9. The molecule has 1 aromatic rings. The van der Waals surface area contributed by atoms with E-state index >= 15 is 0 Å². The maximum Gasteiger partial charge on any atom is 0.500 e.